The molecule has 0 bridgehead atoms. The monoisotopic (exact) mass is 440 g/mol. The molecule has 144 valence electrons. The van der Waals surface area contributed by atoms with E-state index in [9.17, 15) is 4.79 Å². The van der Waals surface area contributed by atoms with Crippen LogP contribution in [-0.4, -0.2) is 55.7 Å². The molecule has 1 aromatic rings. The summed E-state index contributed by atoms with van der Waals surface area (Å²) in [5, 5.41) is 6.67. The molecule has 0 radical (unpaired) electrons. The second-order valence-electron chi connectivity index (χ2n) is 6.62. The molecule has 2 N–H and O–H groups in total. The summed E-state index contributed by atoms with van der Waals surface area (Å²) in [6, 6.07) is 8.42. The first-order valence-corrected chi connectivity index (χ1v) is 10.8. The van der Waals surface area contributed by atoms with Crippen LogP contribution in [0.5, 0.6) is 0 Å². The first-order valence-electron chi connectivity index (χ1n) is 9.10. The first-order chi connectivity index (χ1) is 12.5. The van der Waals surface area contributed by atoms with Crippen molar-refractivity contribution < 1.29 is 4.79 Å². The Morgan fingerprint density at radius 2 is 2.00 bits per heavy atom. The average Bonchev–Trinajstić information content (AvgIpc) is 2.65. The highest BCUT2D eigenvalue weighted by Crippen LogP contribution is 2.25. The number of hydrogen-bond acceptors (Lipinski definition) is 3. The van der Waals surface area contributed by atoms with Crippen LogP contribution in [0.25, 0.3) is 0 Å². The lowest BCUT2D eigenvalue weighted by molar-refractivity contribution is -0.121. The second kappa shape index (κ2) is 10.8. The molecule has 0 aromatic heterocycles. The van der Waals surface area contributed by atoms with Crippen molar-refractivity contribution in [2.45, 2.75) is 36.3 Å². The van der Waals surface area contributed by atoms with Crippen LogP contribution < -0.4 is 10.6 Å². The van der Waals surface area contributed by atoms with E-state index in [1.165, 1.54) is 4.90 Å². The van der Waals surface area contributed by atoms with E-state index in [1.807, 2.05) is 18.8 Å². The number of thioether (sulfide) groups is 1. The maximum absolute atomic E-state index is 11.5. The Hall–Kier alpha value is -1.21. The topological polar surface area (TPSA) is 56.7 Å². The molecule has 2 rings (SSSR count). The zero-order valence-corrected chi connectivity index (χ0v) is 18.2. The van der Waals surface area contributed by atoms with Gasteiger partial charge in [-0.1, -0.05) is 22.9 Å². The third kappa shape index (κ3) is 6.83. The maximum atomic E-state index is 11.5. The predicted molar refractivity (Wildman–Crippen MR) is 114 cm³/mol. The normalized spacial score (nSPS) is 17.1. The first kappa shape index (κ1) is 21.1. The van der Waals surface area contributed by atoms with Crippen molar-refractivity contribution in [2.75, 3.05) is 33.7 Å². The van der Waals surface area contributed by atoms with E-state index in [1.54, 1.807) is 7.05 Å². The van der Waals surface area contributed by atoms with E-state index >= 15 is 0 Å². The van der Waals surface area contributed by atoms with Crippen LogP contribution in [0.4, 0.5) is 0 Å². The summed E-state index contributed by atoms with van der Waals surface area (Å²) in [6.07, 6.45) is 2.71. The van der Waals surface area contributed by atoms with E-state index in [-0.39, 0.29) is 5.91 Å². The lowest BCUT2D eigenvalue weighted by atomic mass is 9.93. The zero-order valence-electron chi connectivity index (χ0n) is 15.8. The van der Waals surface area contributed by atoms with Crippen LogP contribution >= 0.6 is 27.7 Å². The number of benzene rings is 1. The SMILES string of the molecule is CN=C(NCC(C)Sc1ccc(Br)cc1)N1CCC(CC(=O)NC)CC1. The molecular formula is C19H29BrN4OS. The van der Waals surface area contributed by atoms with E-state index < -0.39 is 0 Å². The van der Waals surface area contributed by atoms with Gasteiger partial charge in [0.2, 0.25) is 5.91 Å². The fraction of sp³-hybridized carbons (Fsp3) is 0.579. The molecule has 7 heteroatoms. The number of guanidine groups is 1. The quantitative estimate of drug-likeness (QED) is 0.404. The van der Waals surface area contributed by atoms with Crippen molar-refractivity contribution in [3.05, 3.63) is 28.7 Å². The number of rotatable bonds is 6. The molecule has 1 heterocycles. The molecule has 1 aliphatic heterocycles. The van der Waals surface area contributed by atoms with Gasteiger partial charge in [-0.2, -0.15) is 0 Å². The van der Waals surface area contributed by atoms with Crippen molar-refractivity contribution in [2.24, 2.45) is 10.9 Å². The molecule has 26 heavy (non-hydrogen) atoms. The Bertz CT molecular complexity index is 600. The van der Waals surface area contributed by atoms with Gasteiger partial charge in [0.1, 0.15) is 0 Å². The summed E-state index contributed by atoms with van der Waals surface area (Å²) in [5.41, 5.74) is 0. The number of halogens is 1. The lowest BCUT2D eigenvalue weighted by Gasteiger charge is -2.34. The van der Waals surface area contributed by atoms with Gasteiger partial charge >= 0.3 is 0 Å². The number of hydrogen-bond donors (Lipinski definition) is 2. The molecule has 0 spiro atoms. The number of amides is 1. The number of piperidine rings is 1. The van der Waals surface area contributed by atoms with Crippen LogP contribution in [0.15, 0.2) is 38.6 Å². The third-order valence-corrected chi connectivity index (χ3v) is 6.22. The van der Waals surface area contributed by atoms with Gasteiger partial charge in [-0.3, -0.25) is 9.79 Å². The number of likely N-dealkylation sites (tertiary alicyclic amines) is 1. The lowest BCUT2D eigenvalue weighted by Crippen LogP contribution is -2.47. The fourth-order valence-electron chi connectivity index (χ4n) is 3.07. The van der Waals surface area contributed by atoms with Crippen LogP contribution in [0.1, 0.15) is 26.2 Å². The van der Waals surface area contributed by atoms with Crippen molar-refractivity contribution >= 4 is 39.6 Å². The van der Waals surface area contributed by atoms with Crippen molar-refractivity contribution in [3.63, 3.8) is 0 Å². The van der Waals surface area contributed by atoms with Crippen LogP contribution in [0.3, 0.4) is 0 Å². The minimum atomic E-state index is 0.143. The van der Waals surface area contributed by atoms with Gasteiger partial charge in [0.15, 0.2) is 5.96 Å². The number of carbonyl (C=O) groups excluding carboxylic acids is 1. The highest BCUT2D eigenvalue weighted by atomic mass is 79.9. The van der Waals surface area contributed by atoms with Gasteiger partial charge in [-0.25, -0.2) is 0 Å². The summed E-state index contributed by atoms with van der Waals surface area (Å²) < 4.78 is 1.10. The molecule has 1 unspecified atom stereocenters. The molecule has 0 saturated carbocycles. The fourth-order valence-corrected chi connectivity index (χ4v) is 4.26. The Kier molecular flexibility index (Phi) is 8.78. The highest BCUT2D eigenvalue weighted by Gasteiger charge is 2.23. The van der Waals surface area contributed by atoms with Crippen molar-refractivity contribution in [3.8, 4) is 0 Å². The van der Waals surface area contributed by atoms with Crippen LogP contribution in [0, 0.1) is 5.92 Å². The van der Waals surface area contributed by atoms with Gasteiger partial charge < -0.3 is 15.5 Å². The molecule has 1 saturated heterocycles. The molecule has 1 fully saturated rings. The number of nitrogens with one attached hydrogen (secondary N) is 2. The average molecular weight is 441 g/mol. The molecule has 5 nitrogen and oxygen atoms in total. The molecule has 1 aromatic carbocycles. The zero-order chi connectivity index (χ0) is 18.9. The highest BCUT2D eigenvalue weighted by molar-refractivity contribution is 9.10. The minimum Gasteiger partial charge on any atom is -0.359 e. The molecule has 0 aliphatic carbocycles. The number of carbonyl (C=O) groups is 1. The van der Waals surface area contributed by atoms with Crippen molar-refractivity contribution in [1.82, 2.24) is 15.5 Å². The Morgan fingerprint density at radius 1 is 1.35 bits per heavy atom. The summed E-state index contributed by atoms with van der Waals surface area (Å²) in [6.45, 7) is 5.00. The minimum absolute atomic E-state index is 0.143. The molecule has 1 atom stereocenters. The van der Waals surface area contributed by atoms with Gasteiger partial charge in [0.25, 0.3) is 0 Å². The number of nitrogens with zero attached hydrogens (tertiary/aromatic N) is 2. The Balaban J connectivity index is 1.75. The van der Waals surface area contributed by atoms with Gasteiger partial charge in [0, 0.05) is 54.8 Å². The Labute approximate surface area is 169 Å². The van der Waals surface area contributed by atoms with Crippen LogP contribution in [0.2, 0.25) is 0 Å². The summed E-state index contributed by atoms with van der Waals surface area (Å²) >= 11 is 5.33. The maximum Gasteiger partial charge on any atom is 0.220 e. The van der Waals surface area contributed by atoms with E-state index in [2.05, 4.69) is 67.6 Å². The standard InChI is InChI=1S/C19H29BrN4OS/c1-14(26-17-6-4-16(20)5-7-17)13-23-19(22-3)24-10-8-15(9-11-24)12-18(25)21-2/h4-7,14-15H,8-13H2,1-3H3,(H,21,25)(H,22,23). The summed E-state index contributed by atoms with van der Waals surface area (Å²) in [7, 11) is 3.54. The molecule has 1 aliphatic rings. The van der Waals surface area contributed by atoms with Gasteiger partial charge in [-0.15, -0.1) is 11.8 Å². The summed E-state index contributed by atoms with van der Waals surface area (Å²) in [5.74, 6) is 1.59. The van der Waals surface area contributed by atoms with E-state index in [0.29, 0.717) is 17.6 Å². The van der Waals surface area contributed by atoms with Gasteiger partial charge in [-0.05, 0) is 43.0 Å². The predicted octanol–water partition coefficient (Wildman–Crippen LogP) is 3.35. The van der Waals surface area contributed by atoms with E-state index in [0.717, 1.165) is 42.9 Å². The van der Waals surface area contributed by atoms with Crippen molar-refractivity contribution in [1.29, 1.82) is 0 Å². The summed E-state index contributed by atoms with van der Waals surface area (Å²) in [4.78, 5) is 19.5. The Morgan fingerprint density at radius 3 is 2.58 bits per heavy atom. The molecular weight excluding hydrogens is 412 g/mol. The second-order valence-corrected chi connectivity index (χ2v) is 9.05. The van der Waals surface area contributed by atoms with E-state index in [4.69, 9.17) is 0 Å². The van der Waals surface area contributed by atoms with Crippen LogP contribution in [-0.2, 0) is 4.79 Å². The molecule has 1 amide bonds. The smallest absolute Gasteiger partial charge is 0.220 e. The largest absolute Gasteiger partial charge is 0.359 e. The van der Waals surface area contributed by atoms with Gasteiger partial charge in [0.05, 0.1) is 0 Å². The number of aliphatic imine (C=N–C) groups is 1. The third-order valence-electron chi connectivity index (χ3n) is 4.58.